The van der Waals surface area contributed by atoms with Crippen LogP contribution in [0.3, 0.4) is 0 Å². The highest BCUT2D eigenvalue weighted by Crippen LogP contribution is 2.18. The summed E-state index contributed by atoms with van der Waals surface area (Å²) in [5.41, 5.74) is 0.962. The van der Waals surface area contributed by atoms with Gasteiger partial charge in [0.05, 0.1) is 25.1 Å². The Labute approximate surface area is 196 Å². The molecule has 34 heavy (non-hydrogen) atoms. The molecule has 0 spiro atoms. The number of aromatic nitrogens is 1. The predicted octanol–water partition coefficient (Wildman–Crippen LogP) is -1.09. The van der Waals surface area contributed by atoms with Crippen LogP contribution >= 0.6 is 0 Å². The summed E-state index contributed by atoms with van der Waals surface area (Å²) < 4.78 is 5.62. The van der Waals surface area contributed by atoms with Crippen molar-refractivity contribution in [2.75, 3.05) is 26.3 Å². The van der Waals surface area contributed by atoms with E-state index in [1.165, 1.54) is 6.07 Å². The number of carbonyl (C=O) groups is 4. The number of pyridine rings is 1. The zero-order chi connectivity index (χ0) is 24.3. The number of nitrogens with zero attached hydrogens (tertiary/aromatic N) is 1. The zero-order valence-electron chi connectivity index (χ0n) is 18.5. The fourth-order valence-electron chi connectivity index (χ4n) is 3.30. The van der Waals surface area contributed by atoms with E-state index in [4.69, 9.17) is 4.74 Å². The van der Waals surface area contributed by atoms with E-state index in [0.29, 0.717) is 6.42 Å². The minimum Gasteiger partial charge on any atom is -0.491 e. The Kier molecular flexibility index (Phi) is 8.92. The molecule has 2 aromatic rings. The van der Waals surface area contributed by atoms with Crippen molar-refractivity contribution in [1.29, 1.82) is 0 Å². The monoisotopic (exact) mass is 469 g/mol. The number of nitrogens with one attached hydrogen (secondary N) is 4. The smallest absolute Gasteiger partial charge is 0.255 e. The molecule has 11 nitrogen and oxygen atoms in total. The Balaban J connectivity index is 1.77. The molecule has 0 fully saturated rings. The molecule has 0 radical (unpaired) electrons. The largest absolute Gasteiger partial charge is 0.491 e. The van der Waals surface area contributed by atoms with Gasteiger partial charge in [-0.15, -0.1) is 0 Å². The number of ether oxygens (including phenoxy) is 1. The SMILES string of the molecule is O=C1C[C@@H](C(=O)NCCc2ccccn2)NC(=O)c2ccccc2OCCNC(=O)[C@H](CO)N1. The maximum atomic E-state index is 12.9. The van der Waals surface area contributed by atoms with Crippen LogP contribution in [0.15, 0.2) is 48.7 Å². The molecule has 1 aliphatic heterocycles. The Hall–Kier alpha value is -3.99. The van der Waals surface area contributed by atoms with Gasteiger partial charge < -0.3 is 31.1 Å². The zero-order valence-corrected chi connectivity index (χ0v) is 18.5. The van der Waals surface area contributed by atoms with Gasteiger partial charge in [0.1, 0.15) is 24.4 Å². The summed E-state index contributed by atoms with van der Waals surface area (Å²) in [6, 6.07) is 9.46. The lowest BCUT2D eigenvalue weighted by Gasteiger charge is -2.22. The van der Waals surface area contributed by atoms with Crippen molar-refractivity contribution in [3.8, 4) is 5.75 Å². The Morgan fingerprint density at radius 1 is 1.12 bits per heavy atom. The van der Waals surface area contributed by atoms with E-state index >= 15 is 0 Å². The summed E-state index contributed by atoms with van der Waals surface area (Å²) in [6.07, 6.45) is 1.67. The van der Waals surface area contributed by atoms with Crippen LogP contribution in [0, 0.1) is 0 Å². The minimum atomic E-state index is -1.23. The van der Waals surface area contributed by atoms with Crippen molar-refractivity contribution in [1.82, 2.24) is 26.3 Å². The van der Waals surface area contributed by atoms with Gasteiger partial charge in [-0.2, -0.15) is 0 Å². The lowest BCUT2D eigenvalue weighted by molar-refractivity contribution is -0.131. The summed E-state index contributed by atoms with van der Waals surface area (Å²) >= 11 is 0. The predicted molar refractivity (Wildman–Crippen MR) is 121 cm³/mol. The van der Waals surface area contributed by atoms with E-state index in [9.17, 15) is 24.3 Å². The fraction of sp³-hybridized carbons (Fsp3) is 0.348. The molecule has 11 heteroatoms. The third-order valence-corrected chi connectivity index (χ3v) is 5.04. The van der Waals surface area contributed by atoms with E-state index in [1.54, 1.807) is 30.5 Å². The maximum Gasteiger partial charge on any atom is 0.255 e. The maximum absolute atomic E-state index is 12.9. The lowest BCUT2D eigenvalue weighted by atomic mass is 10.1. The summed E-state index contributed by atoms with van der Waals surface area (Å²) in [7, 11) is 0. The van der Waals surface area contributed by atoms with Crippen molar-refractivity contribution < 1.29 is 29.0 Å². The van der Waals surface area contributed by atoms with Gasteiger partial charge >= 0.3 is 0 Å². The van der Waals surface area contributed by atoms with Crippen LogP contribution < -0.4 is 26.0 Å². The normalized spacial score (nSPS) is 19.4. The molecule has 4 amide bonds. The number of fused-ring (bicyclic) bond motifs is 1. The molecule has 0 saturated carbocycles. The van der Waals surface area contributed by atoms with Crippen molar-refractivity contribution in [2.45, 2.75) is 24.9 Å². The van der Waals surface area contributed by atoms with Gasteiger partial charge in [-0.25, -0.2) is 0 Å². The van der Waals surface area contributed by atoms with Crippen molar-refractivity contribution in [2.24, 2.45) is 0 Å². The number of amides is 4. The summed E-state index contributed by atoms with van der Waals surface area (Å²) in [5.74, 6) is -2.17. The highest BCUT2D eigenvalue weighted by atomic mass is 16.5. The van der Waals surface area contributed by atoms with Crippen LogP contribution in [0.4, 0.5) is 0 Å². The molecule has 1 aromatic carbocycles. The molecular weight excluding hydrogens is 442 g/mol. The number of rotatable bonds is 5. The molecule has 180 valence electrons. The number of hydrogen-bond acceptors (Lipinski definition) is 7. The first kappa shape index (κ1) is 24.6. The molecule has 0 unspecified atom stereocenters. The van der Waals surface area contributed by atoms with Gasteiger partial charge in [0.25, 0.3) is 5.91 Å². The average Bonchev–Trinajstić information content (AvgIpc) is 2.85. The number of carbonyl (C=O) groups excluding carboxylic acids is 4. The highest BCUT2D eigenvalue weighted by molar-refractivity contribution is 6.01. The van der Waals surface area contributed by atoms with E-state index in [1.807, 2.05) is 12.1 Å². The van der Waals surface area contributed by atoms with Gasteiger partial charge in [-0.3, -0.25) is 24.2 Å². The molecule has 0 bridgehead atoms. The molecule has 2 atom stereocenters. The van der Waals surface area contributed by atoms with Crippen LogP contribution in [0.25, 0.3) is 0 Å². The molecular formula is C23H27N5O6. The molecule has 0 saturated heterocycles. The topological polar surface area (TPSA) is 159 Å². The molecule has 5 N–H and O–H groups in total. The first-order valence-electron chi connectivity index (χ1n) is 10.9. The number of para-hydroxylation sites is 1. The Morgan fingerprint density at radius 2 is 1.91 bits per heavy atom. The minimum absolute atomic E-state index is 0.0551. The second-order valence-corrected chi connectivity index (χ2v) is 7.53. The number of aliphatic hydroxyl groups is 1. The van der Waals surface area contributed by atoms with Gasteiger partial charge in [-0.1, -0.05) is 18.2 Å². The van der Waals surface area contributed by atoms with Crippen LogP contribution in [-0.2, 0) is 20.8 Å². The van der Waals surface area contributed by atoms with Gasteiger partial charge in [0, 0.05) is 24.9 Å². The molecule has 2 heterocycles. The van der Waals surface area contributed by atoms with Crippen LogP contribution in [0.5, 0.6) is 5.75 Å². The van der Waals surface area contributed by atoms with Crippen molar-refractivity contribution in [3.63, 3.8) is 0 Å². The first-order valence-corrected chi connectivity index (χ1v) is 10.9. The van der Waals surface area contributed by atoms with Crippen LogP contribution in [-0.4, -0.2) is 72.1 Å². The van der Waals surface area contributed by atoms with E-state index in [0.717, 1.165) is 5.69 Å². The van der Waals surface area contributed by atoms with E-state index in [-0.39, 0.29) is 31.0 Å². The Morgan fingerprint density at radius 3 is 2.68 bits per heavy atom. The Bertz CT molecular complexity index is 1020. The number of hydrogen-bond donors (Lipinski definition) is 5. The third kappa shape index (κ3) is 7.01. The standard InChI is InChI=1S/C23H27N5O6/c29-14-18-23(33)26-11-12-34-19-7-2-1-6-16(19)21(31)28-17(13-20(30)27-18)22(32)25-10-8-15-5-3-4-9-24-15/h1-7,9,17-18,29H,8,10-14H2,(H,25,32)(H,26,33)(H,27,30)(H,28,31)/t17-,18-/m0/s1. The second-order valence-electron chi connectivity index (χ2n) is 7.53. The molecule has 1 aliphatic rings. The average molecular weight is 469 g/mol. The molecule has 0 aliphatic carbocycles. The number of aliphatic hydroxyl groups excluding tert-OH is 1. The summed E-state index contributed by atoms with van der Waals surface area (Å²) in [4.78, 5) is 54.8. The van der Waals surface area contributed by atoms with Gasteiger partial charge in [0.15, 0.2) is 0 Å². The van der Waals surface area contributed by atoms with Crippen LogP contribution in [0.2, 0.25) is 0 Å². The molecule has 1 aromatic heterocycles. The van der Waals surface area contributed by atoms with Gasteiger partial charge in [-0.05, 0) is 24.3 Å². The van der Waals surface area contributed by atoms with E-state index in [2.05, 4.69) is 26.3 Å². The van der Waals surface area contributed by atoms with Crippen LogP contribution in [0.1, 0.15) is 22.5 Å². The lowest BCUT2D eigenvalue weighted by Crippen LogP contribution is -2.53. The number of benzene rings is 1. The first-order chi connectivity index (χ1) is 16.5. The van der Waals surface area contributed by atoms with Crippen molar-refractivity contribution in [3.05, 3.63) is 59.9 Å². The fourth-order valence-corrected chi connectivity index (χ4v) is 3.30. The third-order valence-electron chi connectivity index (χ3n) is 5.04. The summed E-state index contributed by atoms with van der Waals surface area (Å²) in [6.45, 7) is -0.234. The van der Waals surface area contributed by atoms with E-state index < -0.39 is 48.7 Å². The van der Waals surface area contributed by atoms with Gasteiger partial charge in [0.2, 0.25) is 17.7 Å². The summed E-state index contributed by atoms with van der Waals surface area (Å²) in [5, 5.41) is 19.7. The highest BCUT2D eigenvalue weighted by Gasteiger charge is 2.28. The quantitative estimate of drug-likeness (QED) is 0.372. The van der Waals surface area contributed by atoms with Crippen molar-refractivity contribution >= 4 is 23.6 Å². The second kappa shape index (κ2) is 12.3. The molecule has 3 rings (SSSR count).